The minimum Gasteiger partial charge on any atom is -0.313 e. The first-order valence-corrected chi connectivity index (χ1v) is 12.7. The van der Waals surface area contributed by atoms with Gasteiger partial charge in [0.1, 0.15) is 12.4 Å². The van der Waals surface area contributed by atoms with Crippen molar-refractivity contribution in [3.63, 3.8) is 0 Å². The molecule has 2 N–H and O–H groups in total. The Hall–Kier alpha value is -2.45. The number of aromatic nitrogens is 2. The average Bonchev–Trinajstić information content (AvgIpc) is 3.20. The van der Waals surface area contributed by atoms with Crippen molar-refractivity contribution in [3.05, 3.63) is 68.2 Å². The number of carbonyl (C=O) groups is 2. The topological polar surface area (TPSA) is 79.3 Å². The monoisotopic (exact) mass is 569 g/mol. The molecule has 0 bridgehead atoms. The van der Waals surface area contributed by atoms with Crippen molar-refractivity contribution in [1.82, 2.24) is 14.7 Å². The van der Waals surface area contributed by atoms with Crippen LogP contribution in [-0.4, -0.2) is 39.2 Å². The molecule has 7 nitrogen and oxygen atoms in total. The van der Waals surface area contributed by atoms with Crippen LogP contribution in [0.1, 0.15) is 40.3 Å². The maximum Gasteiger partial charge on any atom is 0.322 e. The van der Waals surface area contributed by atoms with Crippen LogP contribution in [0.3, 0.4) is 0 Å². The number of benzene rings is 2. The second kappa shape index (κ2) is 11.3. The van der Waals surface area contributed by atoms with Crippen molar-refractivity contribution in [3.8, 4) is 5.69 Å². The van der Waals surface area contributed by atoms with Gasteiger partial charge in [-0.05, 0) is 50.2 Å². The number of nitrogens with one attached hydrogen (secondary N) is 2. The molecule has 0 aliphatic heterocycles. The first-order valence-electron chi connectivity index (χ1n) is 11.1. The zero-order valence-corrected chi connectivity index (χ0v) is 23.5. The number of hydrogen-bond acceptors (Lipinski definition) is 3. The molecule has 0 radical (unpaired) electrons. The van der Waals surface area contributed by atoms with Crippen molar-refractivity contribution in [2.45, 2.75) is 46.1 Å². The van der Waals surface area contributed by atoms with Gasteiger partial charge in [-0.25, -0.2) is 9.48 Å². The molecule has 0 spiro atoms. The fourth-order valence-corrected chi connectivity index (χ4v) is 3.84. The van der Waals surface area contributed by atoms with E-state index < -0.39 is 11.9 Å². The minimum absolute atomic E-state index is 0.192. The van der Waals surface area contributed by atoms with Gasteiger partial charge < -0.3 is 15.5 Å². The van der Waals surface area contributed by atoms with Crippen molar-refractivity contribution in [1.29, 1.82) is 0 Å². The van der Waals surface area contributed by atoms with Crippen LogP contribution >= 0.6 is 46.4 Å². The van der Waals surface area contributed by atoms with Gasteiger partial charge in [-0.2, -0.15) is 5.10 Å². The molecule has 3 amide bonds. The van der Waals surface area contributed by atoms with E-state index in [1.165, 1.54) is 4.90 Å². The van der Waals surface area contributed by atoms with Crippen LogP contribution in [0.2, 0.25) is 20.1 Å². The maximum absolute atomic E-state index is 13.1. The Bertz CT molecular complexity index is 1280. The lowest BCUT2D eigenvalue weighted by Crippen LogP contribution is -2.44. The second-order valence-electron chi connectivity index (χ2n) is 9.50. The van der Waals surface area contributed by atoms with Gasteiger partial charge in [-0.15, -0.1) is 0 Å². The molecule has 0 fully saturated rings. The standard InChI is InChI=1S/C25H27Cl4N5O2/c1-14(2)33(24(36)30-15-6-8-17(26)19(28)10-15)13-23(35)31-22-12-21(25(3,4)5)32-34(22)16-7-9-18(27)20(29)11-16/h6-12,14H,13H2,1-5H3,(H,30,36)(H,31,35). The minimum atomic E-state index is -0.452. The Morgan fingerprint density at radius 1 is 0.917 bits per heavy atom. The molecule has 1 heterocycles. The summed E-state index contributed by atoms with van der Waals surface area (Å²) in [5, 5.41) is 11.8. The number of urea groups is 1. The largest absolute Gasteiger partial charge is 0.322 e. The highest BCUT2D eigenvalue weighted by Crippen LogP contribution is 2.30. The lowest BCUT2D eigenvalue weighted by Gasteiger charge is -2.26. The highest BCUT2D eigenvalue weighted by atomic mass is 35.5. The van der Waals surface area contributed by atoms with E-state index in [2.05, 4.69) is 15.7 Å². The first-order chi connectivity index (χ1) is 16.8. The Labute approximate surface area is 230 Å². The Morgan fingerprint density at radius 2 is 1.53 bits per heavy atom. The lowest BCUT2D eigenvalue weighted by atomic mass is 9.92. The van der Waals surface area contributed by atoms with E-state index in [9.17, 15) is 9.59 Å². The van der Waals surface area contributed by atoms with Crippen molar-refractivity contribution >= 4 is 69.8 Å². The summed E-state index contributed by atoms with van der Waals surface area (Å²) in [6.45, 7) is 9.51. The van der Waals surface area contributed by atoms with Gasteiger partial charge in [0.2, 0.25) is 5.91 Å². The van der Waals surface area contributed by atoms with Gasteiger partial charge in [0.25, 0.3) is 0 Å². The summed E-state index contributed by atoms with van der Waals surface area (Å²) >= 11 is 24.3. The number of anilines is 2. The lowest BCUT2D eigenvalue weighted by molar-refractivity contribution is -0.117. The molecule has 0 aliphatic carbocycles. The molecule has 3 rings (SSSR count). The SMILES string of the molecule is CC(C)N(CC(=O)Nc1cc(C(C)(C)C)nn1-c1ccc(Cl)c(Cl)c1)C(=O)Nc1ccc(Cl)c(Cl)c1. The molecular formula is C25H27Cl4N5O2. The van der Waals surface area contributed by atoms with Crippen molar-refractivity contribution in [2.75, 3.05) is 17.2 Å². The van der Waals surface area contributed by atoms with E-state index in [4.69, 9.17) is 46.4 Å². The normalized spacial score (nSPS) is 11.5. The number of rotatable bonds is 6. The zero-order valence-electron chi connectivity index (χ0n) is 20.5. The van der Waals surface area contributed by atoms with E-state index in [0.717, 1.165) is 5.69 Å². The zero-order chi connectivity index (χ0) is 26.8. The summed E-state index contributed by atoms with van der Waals surface area (Å²) in [7, 11) is 0. The number of nitrogens with zero attached hydrogens (tertiary/aromatic N) is 3. The smallest absolute Gasteiger partial charge is 0.313 e. The van der Waals surface area contributed by atoms with Gasteiger partial charge in [0.15, 0.2) is 0 Å². The number of halogens is 4. The molecule has 0 saturated heterocycles. The summed E-state index contributed by atoms with van der Waals surface area (Å²) in [5.74, 6) is 0.0477. The molecule has 11 heteroatoms. The molecule has 0 aliphatic rings. The summed E-state index contributed by atoms with van der Waals surface area (Å²) < 4.78 is 1.59. The van der Waals surface area contributed by atoms with Crippen molar-refractivity contribution in [2.24, 2.45) is 0 Å². The molecule has 0 atom stereocenters. The van der Waals surface area contributed by atoms with Crippen LogP contribution in [-0.2, 0) is 10.2 Å². The number of amides is 3. The Balaban J connectivity index is 1.83. The van der Waals surface area contributed by atoms with Crippen LogP contribution < -0.4 is 10.6 Å². The number of carbonyl (C=O) groups excluding carboxylic acids is 2. The third kappa shape index (κ3) is 6.85. The first kappa shape index (κ1) is 28.1. The van der Waals surface area contributed by atoms with E-state index in [1.54, 1.807) is 47.1 Å². The fourth-order valence-electron chi connectivity index (χ4n) is 3.25. The Kier molecular flexibility index (Phi) is 8.83. The van der Waals surface area contributed by atoms with Crippen LogP contribution in [0.5, 0.6) is 0 Å². The van der Waals surface area contributed by atoms with Gasteiger partial charge in [0.05, 0.1) is 31.5 Å². The molecule has 0 saturated carbocycles. The third-order valence-corrected chi connectivity index (χ3v) is 6.74. The third-order valence-electron chi connectivity index (χ3n) is 5.26. The van der Waals surface area contributed by atoms with E-state index in [1.807, 2.05) is 34.6 Å². The summed E-state index contributed by atoms with van der Waals surface area (Å²) in [4.78, 5) is 27.4. The van der Waals surface area contributed by atoms with Gasteiger partial charge in [-0.3, -0.25) is 4.79 Å². The molecular weight excluding hydrogens is 544 g/mol. The average molecular weight is 571 g/mol. The second-order valence-corrected chi connectivity index (χ2v) is 11.1. The predicted octanol–water partition coefficient (Wildman–Crippen LogP) is 7.66. The van der Waals surface area contributed by atoms with Crippen LogP contribution in [0.15, 0.2) is 42.5 Å². The summed E-state index contributed by atoms with van der Waals surface area (Å²) in [6, 6.07) is 10.9. The number of hydrogen-bond donors (Lipinski definition) is 2. The molecule has 1 aromatic heterocycles. The quantitative estimate of drug-likeness (QED) is 0.319. The van der Waals surface area contributed by atoms with E-state index >= 15 is 0 Å². The molecule has 3 aromatic rings. The summed E-state index contributed by atoms with van der Waals surface area (Å²) in [5.41, 5.74) is 1.59. The molecule has 2 aromatic carbocycles. The maximum atomic E-state index is 13.1. The predicted molar refractivity (Wildman–Crippen MR) is 148 cm³/mol. The van der Waals surface area contributed by atoms with Gasteiger partial charge in [-0.1, -0.05) is 67.2 Å². The van der Waals surface area contributed by atoms with Crippen LogP contribution in [0.25, 0.3) is 5.69 Å². The van der Waals surface area contributed by atoms with E-state index in [0.29, 0.717) is 37.3 Å². The van der Waals surface area contributed by atoms with Gasteiger partial charge >= 0.3 is 6.03 Å². The Morgan fingerprint density at radius 3 is 2.08 bits per heavy atom. The highest BCUT2D eigenvalue weighted by Gasteiger charge is 2.24. The molecule has 36 heavy (non-hydrogen) atoms. The highest BCUT2D eigenvalue weighted by molar-refractivity contribution is 6.42. The molecule has 192 valence electrons. The fraction of sp³-hybridized carbons (Fsp3) is 0.320. The van der Waals surface area contributed by atoms with Crippen LogP contribution in [0.4, 0.5) is 16.3 Å². The molecule has 0 unspecified atom stereocenters. The van der Waals surface area contributed by atoms with E-state index in [-0.39, 0.29) is 18.0 Å². The van der Waals surface area contributed by atoms with Gasteiger partial charge in [0, 0.05) is 23.2 Å². The van der Waals surface area contributed by atoms with Crippen LogP contribution in [0, 0.1) is 0 Å². The summed E-state index contributed by atoms with van der Waals surface area (Å²) in [6.07, 6.45) is 0. The van der Waals surface area contributed by atoms with Crippen molar-refractivity contribution < 1.29 is 9.59 Å².